The minimum atomic E-state index is -4.56. The summed E-state index contributed by atoms with van der Waals surface area (Å²) < 4.78 is 62.6. The van der Waals surface area contributed by atoms with Crippen molar-refractivity contribution in [1.29, 1.82) is 0 Å². The zero-order valence-electron chi connectivity index (χ0n) is 17.4. The zero-order valence-corrected chi connectivity index (χ0v) is 18.2. The molecule has 178 valence electrons. The van der Waals surface area contributed by atoms with Crippen molar-refractivity contribution < 1.29 is 36.9 Å². The number of nitrogens with zero attached hydrogens (tertiary/aromatic N) is 1. The molecule has 1 N–H and O–H groups in total. The molecule has 33 heavy (non-hydrogen) atoms. The number of carboxylic acids is 1. The number of piperidine rings is 1. The Kier molecular flexibility index (Phi) is 7.23. The molecular weight excluding hydrogens is 466 g/mol. The van der Waals surface area contributed by atoms with Crippen LogP contribution >= 0.6 is 12.4 Å². The van der Waals surface area contributed by atoms with Gasteiger partial charge in [0.2, 0.25) is 0 Å². The highest BCUT2D eigenvalue weighted by atomic mass is 35.5. The van der Waals surface area contributed by atoms with Crippen LogP contribution in [0.3, 0.4) is 0 Å². The normalized spacial score (nSPS) is 17.4. The van der Waals surface area contributed by atoms with E-state index in [4.69, 9.17) is 9.84 Å². The Hall–Kier alpha value is -2.78. The molecule has 2 aromatic carbocycles. The number of hydrogen-bond acceptors (Lipinski definition) is 4. The molecule has 2 aliphatic heterocycles. The van der Waals surface area contributed by atoms with Crippen molar-refractivity contribution in [3.63, 3.8) is 0 Å². The van der Waals surface area contributed by atoms with Crippen LogP contribution in [0.1, 0.15) is 24.0 Å². The van der Waals surface area contributed by atoms with Crippen molar-refractivity contribution in [2.45, 2.75) is 24.6 Å². The predicted octanol–water partition coefficient (Wildman–Crippen LogP) is 4.93. The summed E-state index contributed by atoms with van der Waals surface area (Å²) >= 11 is 0. The van der Waals surface area contributed by atoms with Gasteiger partial charge in [0.25, 0.3) is 0 Å². The second kappa shape index (κ2) is 9.61. The van der Waals surface area contributed by atoms with Crippen LogP contribution in [0.15, 0.2) is 48.5 Å². The van der Waals surface area contributed by atoms with Crippen LogP contribution in [0.2, 0.25) is 0 Å². The number of ether oxygens (including phenoxy) is 2. The first-order valence-electron chi connectivity index (χ1n) is 10.1. The fourth-order valence-electron chi connectivity index (χ4n) is 4.08. The molecule has 0 saturated carbocycles. The molecule has 0 aliphatic carbocycles. The minimum absolute atomic E-state index is 0. The number of benzene rings is 2. The number of hydrogen-bond donors (Lipinski definition) is 1. The van der Waals surface area contributed by atoms with Crippen LogP contribution in [0.5, 0.6) is 11.5 Å². The monoisotopic (exact) mass is 487 g/mol. The Morgan fingerprint density at radius 2 is 1.85 bits per heavy atom. The van der Waals surface area contributed by atoms with Crippen molar-refractivity contribution >= 4 is 23.9 Å². The maximum absolute atomic E-state index is 14.5. The Labute approximate surface area is 194 Å². The van der Waals surface area contributed by atoms with Gasteiger partial charge in [-0.1, -0.05) is 24.3 Å². The van der Waals surface area contributed by atoms with Gasteiger partial charge >= 0.3 is 12.1 Å². The van der Waals surface area contributed by atoms with E-state index >= 15 is 0 Å². The van der Waals surface area contributed by atoms with Gasteiger partial charge in [-0.25, -0.2) is 4.39 Å². The number of halogens is 5. The first-order valence-corrected chi connectivity index (χ1v) is 10.1. The van der Waals surface area contributed by atoms with Gasteiger partial charge in [0.1, 0.15) is 11.4 Å². The lowest BCUT2D eigenvalue weighted by molar-refractivity contribution is -0.153. The zero-order chi connectivity index (χ0) is 22.9. The quantitative estimate of drug-likeness (QED) is 0.606. The first-order chi connectivity index (χ1) is 15.1. The van der Waals surface area contributed by atoms with Crippen LogP contribution in [0.4, 0.5) is 17.6 Å². The van der Waals surface area contributed by atoms with E-state index in [2.05, 4.69) is 4.74 Å². The molecule has 0 radical (unpaired) electrons. The SMILES string of the molecule is Cl.O=C(O)CN1CCC2(C=C(c3ccc(OCC(F)(F)F)c(F)c3)c3ccccc3O2)CC1. The Balaban J connectivity index is 0.00000306. The number of para-hydroxylation sites is 1. The number of likely N-dealkylation sites (tertiary alicyclic amines) is 1. The lowest BCUT2D eigenvalue weighted by atomic mass is 9.83. The van der Waals surface area contributed by atoms with E-state index in [9.17, 15) is 22.4 Å². The molecule has 0 unspecified atom stereocenters. The van der Waals surface area contributed by atoms with E-state index in [0.29, 0.717) is 42.8 Å². The van der Waals surface area contributed by atoms with Crippen LogP contribution in [0, 0.1) is 5.82 Å². The van der Waals surface area contributed by atoms with E-state index < -0.39 is 35.9 Å². The van der Waals surface area contributed by atoms with E-state index in [1.807, 2.05) is 35.2 Å². The molecule has 0 amide bonds. The predicted molar refractivity (Wildman–Crippen MR) is 115 cm³/mol. The standard InChI is InChI=1S/C23H21F4NO4.ClH/c24-18-11-15(5-6-20(18)31-14-23(25,26)27)17-12-22(32-19-4-2-1-3-16(17)19)7-9-28(10-8-22)13-21(29)30;/h1-6,11-12H,7-10,13-14H2,(H,29,30);1H. The number of rotatable bonds is 5. The summed E-state index contributed by atoms with van der Waals surface area (Å²) in [6.07, 6.45) is -1.55. The fraction of sp³-hybridized carbons (Fsp3) is 0.348. The van der Waals surface area contributed by atoms with Crippen LogP contribution < -0.4 is 9.47 Å². The molecule has 1 fully saturated rings. The smallest absolute Gasteiger partial charge is 0.422 e. The molecule has 2 aromatic rings. The van der Waals surface area contributed by atoms with Crippen molar-refractivity contribution in [2.75, 3.05) is 26.2 Å². The third-order valence-electron chi connectivity index (χ3n) is 5.59. The van der Waals surface area contributed by atoms with Gasteiger partial charge in [0, 0.05) is 31.5 Å². The van der Waals surface area contributed by atoms with Crippen molar-refractivity contribution in [2.24, 2.45) is 0 Å². The van der Waals surface area contributed by atoms with E-state index in [-0.39, 0.29) is 19.0 Å². The average molecular weight is 488 g/mol. The molecule has 0 atom stereocenters. The number of fused-ring (bicyclic) bond motifs is 1. The highest BCUT2D eigenvalue weighted by Gasteiger charge is 2.39. The second-order valence-electron chi connectivity index (χ2n) is 7.94. The lowest BCUT2D eigenvalue weighted by Gasteiger charge is -2.42. The summed E-state index contributed by atoms with van der Waals surface area (Å²) in [6, 6.07) is 11.2. The van der Waals surface area contributed by atoms with Gasteiger partial charge in [-0.3, -0.25) is 9.69 Å². The fourth-order valence-corrected chi connectivity index (χ4v) is 4.08. The average Bonchev–Trinajstić information content (AvgIpc) is 2.73. The highest BCUT2D eigenvalue weighted by Crippen LogP contribution is 2.43. The summed E-state index contributed by atoms with van der Waals surface area (Å²) in [7, 11) is 0. The first kappa shape index (κ1) is 24.9. The number of aliphatic carboxylic acids is 1. The van der Waals surface area contributed by atoms with Gasteiger partial charge in [-0.2, -0.15) is 13.2 Å². The number of carboxylic acid groups (broad SMARTS) is 1. The summed E-state index contributed by atoms with van der Waals surface area (Å²) in [4.78, 5) is 12.8. The van der Waals surface area contributed by atoms with E-state index in [1.54, 1.807) is 0 Å². The Morgan fingerprint density at radius 3 is 2.48 bits per heavy atom. The summed E-state index contributed by atoms with van der Waals surface area (Å²) in [5.74, 6) is -1.63. The molecule has 1 spiro atoms. The molecule has 0 bridgehead atoms. The summed E-state index contributed by atoms with van der Waals surface area (Å²) in [5, 5.41) is 9.03. The number of alkyl halides is 3. The van der Waals surface area contributed by atoms with Crippen molar-refractivity contribution in [3.8, 4) is 11.5 Å². The third kappa shape index (κ3) is 5.78. The molecule has 5 nitrogen and oxygen atoms in total. The van der Waals surface area contributed by atoms with Gasteiger partial charge in [-0.15, -0.1) is 12.4 Å². The summed E-state index contributed by atoms with van der Waals surface area (Å²) in [5.41, 5.74) is 1.26. The Bertz CT molecular complexity index is 1050. The second-order valence-corrected chi connectivity index (χ2v) is 7.94. The van der Waals surface area contributed by atoms with Crippen LogP contribution in [0.25, 0.3) is 5.57 Å². The van der Waals surface area contributed by atoms with Crippen molar-refractivity contribution in [3.05, 3.63) is 65.5 Å². The lowest BCUT2D eigenvalue weighted by Crippen LogP contribution is -2.49. The topological polar surface area (TPSA) is 59.0 Å². The van der Waals surface area contributed by atoms with Crippen LogP contribution in [-0.2, 0) is 4.79 Å². The molecule has 4 rings (SSSR count). The number of carbonyl (C=O) groups is 1. The summed E-state index contributed by atoms with van der Waals surface area (Å²) in [6.45, 7) is -0.569. The maximum Gasteiger partial charge on any atom is 0.422 e. The molecule has 1 saturated heterocycles. The minimum Gasteiger partial charge on any atom is -0.482 e. The maximum atomic E-state index is 14.5. The molecule has 2 aliphatic rings. The molecular formula is C23H22ClF4NO4. The Morgan fingerprint density at radius 1 is 1.15 bits per heavy atom. The van der Waals surface area contributed by atoms with Crippen molar-refractivity contribution in [1.82, 2.24) is 4.90 Å². The highest BCUT2D eigenvalue weighted by molar-refractivity contribution is 5.85. The third-order valence-corrected chi connectivity index (χ3v) is 5.59. The van der Waals surface area contributed by atoms with Gasteiger partial charge in [0.05, 0.1) is 6.54 Å². The van der Waals surface area contributed by atoms with Gasteiger partial charge in [0.15, 0.2) is 18.2 Å². The van der Waals surface area contributed by atoms with E-state index in [1.165, 1.54) is 12.1 Å². The van der Waals surface area contributed by atoms with Crippen LogP contribution in [-0.4, -0.2) is 54.0 Å². The van der Waals surface area contributed by atoms with E-state index in [0.717, 1.165) is 11.6 Å². The molecule has 10 heteroatoms. The molecule has 0 aromatic heterocycles. The van der Waals surface area contributed by atoms with Gasteiger partial charge < -0.3 is 14.6 Å². The van der Waals surface area contributed by atoms with Gasteiger partial charge in [-0.05, 0) is 35.4 Å². The molecule has 2 heterocycles. The largest absolute Gasteiger partial charge is 0.482 e.